The molecule has 0 aliphatic carbocycles. The van der Waals surface area contributed by atoms with Gasteiger partial charge >= 0.3 is 0 Å². The van der Waals surface area contributed by atoms with Crippen LogP contribution in [0, 0.1) is 0 Å². The van der Waals surface area contributed by atoms with E-state index in [1.54, 1.807) is 12.1 Å². The summed E-state index contributed by atoms with van der Waals surface area (Å²) in [5.41, 5.74) is 0. The summed E-state index contributed by atoms with van der Waals surface area (Å²) in [6.07, 6.45) is -0.417. The van der Waals surface area contributed by atoms with E-state index in [1.165, 1.54) is 16.4 Å². The zero-order valence-corrected chi connectivity index (χ0v) is 20.4. The summed E-state index contributed by atoms with van der Waals surface area (Å²) in [5.74, 6) is 0.0668. The molecule has 9 nitrogen and oxygen atoms in total. The molecule has 11 heteroatoms. The van der Waals surface area contributed by atoms with Crippen LogP contribution in [-0.4, -0.2) is 111 Å². The Morgan fingerprint density at radius 3 is 2.67 bits per heavy atom. The van der Waals surface area contributed by atoms with Crippen molar-refractivity contribution in [1.29, 1.82) is 0 Å². The lowest BCUT2D eigenvalue weighted by atomic mass is 9.96. The molecule has 3 aliphatic rings. The first-order valence-electron chi connectivity index (χ1n) is 11.4. The van der Waals surface area contributed by atoms with Crippen LogP contribution in [0.25, 0.3) is 0 Å². The molecule has 0 bridgehead atoms. The highest BCUT2D eigenvalue weighted by Gasteiger charge is 2.43. The average molecular weight is 502 g/mol. The van der Waals surface area contributed by atoms with E-state index < -0.39 is 28.3 Å². The van der Waals surface area contributed by atoms with Crippen LogP contribution in [0.1, 0.15) is 19.3 Å². The topological polar surface area (TPSA) is 99.6 Å². The van der Waals surface area contributed by atoms with Crippen LogP contribution in [0.5, 0.6) is 0 Å². The summed E-state index contributed by atoms with van der Waals surface area (Å²) in [4.78, 5) is 16.9. The number of carbonyl (C=O) groups is 1. The highest BCUT2D eigenvalue weighted by Crippen LogP contribution is 2.32. The van der Waals surface area contributed by atoms with E-state index in [-0.39, 0.29) is 43.1 Å². The van der Waals surface area contributed by atoms with Crippen LogP contribution in [0.15, 0.2) is 29.2 Å². The standard InChI is InChI=1S/C22H32ClN3O6S/c1-24-7-9-25(10-8-24)22(28)12-18-5-6-20-21(32-18)15-31-14-17(27)13-26(20)33(29,30)19-4-2-3-16(23)11-19/h2-4,11,17-18,20-21,27H,5-10,12-15H2,1H3/t17-,18+,20+,21-/m0/s1. The molecule has 1 amide bonds. The zero-order valence-electron chi connectivity index (χ0n) is 18.8. The Morgan fingerprint density at radius 1 is 1.18 bits per heavy atom. The van der Waals surface area contributed by atoms with Gasteiger partial charge in [0.2, 0.25) is 15.9 Å². The SMILES string of the molecule is CN1CCN(C(=O)C[C@H]2CC[C@@H]3[C@H](COC[C@@H](O)CN3S(=O)(=O)c3cccc(Cl)c3)O2)CC1. The van der Waals surface area contributed by atoms with Crippen molar-refractivity contribution in [3.8, 4) is 0 Å². The first-order chi connectivity index (χ1) is 15.7. The van der Waals surface area contributed by atoms with Crippen molar-refractivity contribution in [3.05, 3.63) is 29.3 Å². The van der Waals surface area contributed by atoms with Crippen molar-refractivity contribution in [3.63, 3.8) is 0 Å². The molecular weight excluding hydrogens is 470 g/mol. The van der Waals surface area contributed by atoms with Gasteiger partial charge in [0.25, 0.3) is 0 Å². The lowest BCUT2D eigenvalue weighted by molar-refractivity contribution is -0.152. The third-order valence-electron chi connectivity index (χ3n) is 6.59. The fraction of sp³-hybridized carbons (Fsp3) is 0.682. The van der Waals surface area contributed by atoms with Crippen LogP contribution in [-0.2, 0) is 24.3 Å². The van der Waals surface area contributed by atoms with Crippen molar-refractivity contribution < 1.29 is 27.8 Å². The molecule has 4 atom stereocenters. The number of amides is 1. The lowest BCUT2D eigenvalue weighted by Crippen LogP contribution is -2.57. The summed E-state index contributed by atoms with van der Waals surface area (Å²) < 4.78 is 40.2. The number of hydrogen-bond acceptors (Lipinski definition) is 7. The second-order valence-electron chi connectivity index (χ2n) is 9.05. The molecule has 3 aliphatic heterocycles. The number of likely N-dealkylation sites (N-methyl/N-ethyl adjacent to an activating group) is 1. The van der Waals surface area contributed by atoms with Gasteiger partial charge < -0.3 is 24.4 Å². The average Bonchev–Trinajstić information content (AvgIpc) is 2.77. The van der Waals surface area contributed by atoms with Gasteiger partial charge in [0.1, 0.15) is 0 Å². The van der Waals surface area contributed by atoms with Crippen LogP contribution < -0.4 is 0 Å². The number of β-amino-alcohol motifs (C(OH)–C–C–N with tert-alkyl or cyclic N) is 1. The Hall–Kier alpha value is -1.27. The molecule has 0 spiro atoms. The molecular formula is C22H32ClN3O6S. The minimum atomic E-state index is -3.92. The number of benzene rings is 1. The summed E-state index contributed by atoms with van der Waals surface area (Å²) in [5, 5.41) is 10.6. The fourth-order valence-corrected chi connectivity index (χ4v) is 6.73. The maximum absolute atomic E-state index is 13.5. The first kappa shape index (κ1) is 24.8. The zero-order chi connectivity index (χ0) is 23.6. The number of aliphatic hydroxyl groups is 1. The summed E-state index contributed by atoms with van der Waals surface area (Å²) in [7, 11) is -1.87. The van der Waals surface area contributed by atoms with Crippen LogP contribution in [0.2, 0.25) is 5.02 Å². The lowest BCUT2D eigenvalue weighted by Gasteiger charge is -2.44. The third-order valence-corrected chi connectivity index (χ3v) is 8.72. The Kier molecular flexibility index (Phi) is 7.95. The number of sulfonamides is 1. The van der Waals surface area contributed by atoms with E-state index in [1.807, 2.05) is 11.9 Å². The van der Waals surface area contributed by atoms with Crippen molar-refractivity contribution >= 4 is 27.5 Å². The van der Waals surface area contributed by atoms with Gasteiger partial charge in [-0.25, -0.2) is 8.42 Å². The number of halogens is 1. The van der Waals surface area contributed by atoms with Gasteiger partial charge in [0.05, 0.1) is 48.9 Å². The van der Waals surface area contributed by atoms with Crippen LogP contribution in [0.3, 0.4) is 0 Å². The number of rotatable bonds is 4. The second-order valence-corrected chi connectivity index (χ2v) is 11.4. The number of hydrogen-bond donors (Lipinski definition) is 1. The molecule has 1 aromatic rings. The Bertz CT molecular complexity index is 940. The molecule has 0 radical (unpaired) electrons. The minimum absolute atomic E-state index is 0.0129. The largest absolute Gasteiger partial charge is 0.389 e. The highest BCUT2D eigenvalue weighted by molar-refractivity contribution is 7.89. The first-order valence-corrected chi connectivity index (χ1v) is 13.2. The molecule has 3 saturated heterocycles. The monoisotopic (exact) mass is 501 g/mol. The fourth-order valence-electron chi connectivity index (χ4n) is 4.71. The van der Waals surface area contributed by atoms with E-state index in [9.17, 15) is 18.3 Å². The van der Waals surface area contributed by atoms with E-state index in [0.717, 1.165) is 13.1 Å². The van der Waals surface area contributed by atoms with Crippen molar-refractivity contribution in [2.45, 2.75) is 48.5 Å². The maximum atomic E-state index is 13.5. The van der Waals surface area contributed by atoms with Gasteiger partial charge in [-0.3, -0.25) is 4.79 Å². The smallest absolute Gasteiger partial charge is 0.243 e. The van der Waals surface area contributed by atoms with Crippen molar-refractivity contribution in [2.24, 2.45) is 0 Å². The number of carbonyl (C=O) groups excluding carboxylic acids is 1. The van der Waals surface area contributed by atoms with Gasteiger partial charge in [0, 0.05) is 37.7 Å². The van der Waals surface area contributed by atoms with Gasteiger partial charge in [0.15, 0.2) is 0 Å². The summed E-state index contributed by atoms with van der Waals surface area (Å²) in [6, 6.07) is 5.62. The van der Waals surface area contributed by atoms with Crippen molar-refractivity contribution in [1.82, 2.24) is 14.1 Å². The van der Waals surface area contributed by atoms with Crippen molar-refractivity contribution in [2.75, 3.05) is 53.0 Å². The second kappa shape index (κ2) is 10.6. The number of fused-ring (bicyclic) bond motifs is 1. The minimum Gasteiger partial charge on any atom is -0.389 e. The van der Waals surface area contributed by atoms with E-state index in [0.29, 0.717) is 31.0 Å². The number of ether oxygens (including phenoxy) is 2. The van der Waals surface area contributed by atoms with Gasteiger partial charge in [-0.15, -0.1) is 0 Å². The molecule has 4 rings (SSSR count). The summed E-state index contributed by atoms with van der Waals surface area (Å²) in [6.45, 7) is 3.20. The number of aliphatic hydroxyl groups excluding tert-OH is 1. The Morgan fingerprint density at radius 2 is 1.94 bits per heavy atom. The molecule has 3 heterocycles. The number of nitrogens with zero attached hydrogens (tertiary/aromatic N) is 3. The molecule has 0 unspecified atom stereocenters. The number of piperazine rings is 1. The third kappa shape index (κ3) is 5.87. The maximum Gasteiger partial charge on any atom is 0.243 e. The predicted octanol–water partition coefficient (Wildman–Crippen LogP) is 0.802. The molecule has 0 saturated carbocycles. The van der Waals surface area contributed by atoms with Crippen LogP contribution in [0.4, 0.5) is 0 Å². The molecule has 184 valence electrons. The van der Waals surface area contributed by atoms with Gasteiger partial charge in [-0.1, -0.05) is 17.7 Å². The molecule has 1 aromatic carbocycles. The molecule has 1 N–H and O–H groups in total. The van der Waals surface area contributed by atoms with E-state index in [2.05, 4.69) is 4.90 Å². The Balaban J connectivity index is 1.48. The van der Waals surface area contributed by atoms with Gasteiger partial charge in [-0.2, -0.15) is 4.31 Å². The highest BCUT2D eigenvalue weighted by atomic mass is 35.5. The predicted molar refractivity (Wildman–Crippen MR) is 123 cm³/mol. The van der Waals surface area contributed by atoms with E-state index >= 15 is 0 Å². The molecule has 3 fully saturated rings. The van der Waals surface area contributed by atoms with Gasteiger partial charge in [-0.05, 0) is 38.1 Å². The summed E-state index contributed by atoms with van der Waals surface area (Å²) >= 11 is 6.04. The quantitative estimate of drug-likeness (QED) is 0.651. The normalized spacial score (nSPS) is 30.3. The molecule has 33 heavy (non-hydrogen) atoms. The van der Waals surface area contributed by atoms with Crippen LogP contribution >= 0.6 is 11.6 Å². The van der Waals surface area contributed by atoms with E-state index in [4.69, 9.17) is 21.1 Å². The molecule has 0 aromatic heterocycles. The Labute approximate surface area is 200 Å².